The third-order valence-corrected chi connectivity index (χ3v) is 6.80. The predicted molar refractivity (Wildman–Crippen MR) is 114 cm³/mol. The molecule has 9 heteroatoms. The van der Waals surface area contributed by atoms with Crippen molar-refractivity contribution in [1.82, 2.24) is 9.88 Å². The molecular formula is C20H28N4O4S. The number of nitrogens with one attached hydrogen (secondary N) is 1. The number of aliphatic hydroxyl groups excluding tert-OH is 1. The Morgan fingerprint density at radius 2 is 2.03 bits per heavy atom. The lowest BCUT2D eigenvalue weighted by Gasteiger charge is -2.32. The third kappa shape index (κ3) is 4.26. The first-order valence-corrected chi connectivity index (χ1v) is 10.9. The van der Waals surface area contributed by atoms with Gasteiger partial charge in [0.25, 0.3) is 0 Å². The van der Waals surface area contributed by atoms with Crippen LogP contribution in [0.1, 0.15) is 25.7 Å². The molecule has 0 bridgehead atoms. The van der Waals surface area contributed by atoms with E-state index in [1.165, 1.54) is 11.3 Å². The van der Waals surface area contributed by atoms with Crippen molar-refractivity contribution in [3.63, 3.8) is 0 Å². The minimum absolute atomic E-state index is 0.145. The first-order valence-electron chi connectivity index (χ1n) is 10.1. The van der Waals surface area contributed by atoms with E-state index in [4.69, 9.17) is 9.47 Å². The Morgan fingerprint density at radius 1 is 1.31 bits per heavy atom. The lowest BCUT2D eigenvalue weighted by Crippen LogP contribution is -2.42. The zero-order chi connectivity index (χ0) is 20.4. The number of aromatic nitrogens is 1. The maximum atomic E-state index is 12.8. The Kier molecular flexibility index (Phi) is 6.07. The van der Waals surface area contributed by atoms with E-state index in [1.807, 2.05) is 13.1 Å². The van der Waals surface area contributed by atoms with Crippen molar-refractivity contribution >= 4 is 38.4 Å². The molecule has 2 aliphatic rings. The summed E-state index contributed by atoms with van der Waals surface area (Å²) in [5.41, 5.74) is 1.86. The summed E-state index contributed by atoms with van der Waals surface area (Å²) in [5, 5.41) is 13.2. The lowest BCUT2D eigenvalue weighted by atomic mass is 9.92. The van der Waals surface area contributed by atoms with Crippen LogP contribution in [0.2, 0.25) is 0 Å². The SMILES string of the molecule is COc1ccc(N2CCOCC2)c2sc(NC(=O)N(C)[C@H]3CC[C@@H](O)CC3)nc12. The van der Waals surface area contributed by atoms with E-state index in [0.717, 1.165) is 54.7 Å². The molecule has 29 heavy (non-hydrogen) atoms. The molecule has 158 valence electrons. The normalized spacial score (nSPS) is 22.5. The molecule has 2 aromatic rings. The van der Waals surface area contributed by atoms with Gasteiger partial charge in [-0.25, -0.2) is 9.78 Å². The number of carbonyl (C=O) groups is 1. The summed E-state index contributed by atoms with van der Waals surface area (Å²) in [4.78, 5) is 21.4. The van der Waals surface area contributed by atoms with Crippen molar-refractivity contribution in [3.05, 3.63) is 12.1 Å². The molecule has 2 amide bonds. The van der Waals surface area contributed by atoms with Gasteiger partial charge in [0.05, 0.1) is 36.8 Å². The van der Waals surface area contributed by atoms with E-state index < -0.39 is 0 Å². The number of ether oxygens (including phenoxy) is 2. The standard InChI is InChI=1S/C20H28N4O4S/c1-23(13-3-5-14(25)6-4-13)20(26)22-19-21-17-16(27-2)8-7-15(18(17)29-19)24-9-11-28-12-10-24/h7-8,13-14,25H,3-6,9-12H2,1-2H3,(H,21,22,26)/t13-,14+. The number of hydrogen-bond donors (Lipinski definition) is 2. The van der Waals surface area contributed by atoms with E-state index in [1.54, 1.807) is 12.0 Å². The number of amides is 2. The molecule has 4 rings (SSSR count). The minimum Gasteiger partial charge on any atom is -0.494 e. The fourth-order valence-electron chi connectivity index (χ4n) is 4.03. The Labute approximate surface area is 174 Å². The summed E-state index contributed by atoms with van der Waals surface area (Å²) >= 11 is 1.47. The quantitative estimate of drug-likeness (QED) is 0.791. The number of nitrogens with zero attached hydrogens (tertiary/aromatic N) is 3. The van der Waals surface area contributed by atoms with Crippen molar-refractivity contribution in [2.45, 2.75) is 37.8 Å². The number of rotatable bonds is 4. The van der Waals surface area contributed by atoms with Gasteiger partial charge in [-0.2, -0.15) is 0 Å². The van der Waals surface area contributed by atoms with Crippen LogP contribution in [0.4, 0.5) is 15.6 Å². The maximum absolute atomic E-state index is 12.8. The van der Waals surface area contributed by atoms with Crippen molar-refractivity contribution in [3.8, 4) is 5.75 Å². The third-order valence-electron chi connectivity index (χ3n) is 5.81. The topological polar surface area (TPSA) is 87.2 Å². The van der Waals surface area contributed by atoms with Crippen LogP contribution in [0.5, 0.6) is 5.75 Å². The molecule has 1 aliphatic carbocycles. The highest BCUT2D eigenvalue weighted by Gasteiger charge is 2.26. The van der Waals surface area contributed by atoms with Crippen LogP contribution in [-0.4, -0.2) is 73.6 Å². The molecule has 0 atom stereocenters. The van der Waals surface area contributed by atoms with Gasteiger partial charge in [-0.1, -0.05) is 11.3 Å². The zero-order valence-corrected chi connectivity index (χ0v) is 17.7. The Bertz CT molecular complexity index is 860. The van der Waals surface area contributed by atoms with Crippen LogP contribution in [0.15, 0.2) is 12.1 Å². The summed E-state index contributed by atoms with van der Waals surface area (Å²) in [6.07, 6.45) is 2.88. The van der Waals surface area contributed by atoms with Crippen molar-refractivity contribution in [1.29, 1.82) is 0 Å². The summed E-state index contributed by atoms with van der Waals surface area (Å²) in [7, 11) is 3.44. The Hall–Kier alpha value is -2.10. The van der Waals surface area contributed by atoms with E-state index in [9.17, 15) is 9.90 Å². The van der Waals surface area contributed by atoms with Crippen molar-refractivity contribution in [2.75, 3.05) is 50.7 Å². The molecule has 0 unspecified atom stereocenters. The van der Waals surface area contributed by atoms with E-state index in [2.05, 4.69) is 21.3 Å². The number of fused-ring (bicyclic) bond motifs is 1. The van der Waals surface area contributed by atoms with Crippen LogP contribution in [0.25, 0.3) is 10.2 Å². The first-order chi connectivity index (χ1) is 14.1. The van der Waals surface area contributed by atoms with Gasteiger partial charge in [0.1, 0.15) is 11.3 Å². The second kappa shape index (κ2) is 8.73. The summed E-state index contributed by atoms with van der Waals surface area (Å²) in [6.45, 7) is 3.07. The average Bonchev–Trinajstić information content (AvgIpc) is 3.17. The summed E-state index contributed by atoms with van der Waals surface area (Å²) in [6, 6.07) is 3.96. The molecule has 1 saturated heterocycles. The van der Waals surface area contributed by atoms with Gasteiger partial charge in [0, 0.05) is 26.2 Å². The number of aliphatic hydroxyl groups is 1. The second-order valence-corrected chi connectivity index (χ2v) is 8.59. The number of morpholine rings is 1. The van der Waals surface area contributed by atoms with Crippen molar-refractivity contribution in [2.24, 2.45) is 0 Å². The Balaban J connectivity index is 1.55. The van der Waals surface area contributed by atoms with Gasteiger partial charge >= 0.3 is 6.03 Å². The molecule has 1 saturated carbocycles. The number of methoxy groups -OCH3 is 1. The zero-order valence-electron chi connectivity index (χ0n) is 16.9. The van der Waals surface area contributed by atoms with E-state index >= 15 is 0 Å². The lowest BCUT2D eigenvalue weighted by molar-refractivity contribution is 0.0943. The number of anilines is 2. The molecule has 2 fully saturated rings. The number of benzene rings is 1. The highest BCUT2D eigenvalue weighted by molar-refractivity contribution is 7.23. The first kappa shape index (κ1) is 20.2. The molecular weight excluding hydrogens is 392 g/mol. The highest BCUT2D eigenvalue weighted by Crippen LogP contribution is 2.39. The van der Waals surface area contributed by atoms with Gasteiger partial charge in [-0.05, 0) is 37.8 Å². The fourth-order valence-corrected chi connectivity index (χ4v) is 5.05. The predicted octanol–water partition coefficient (Wildman–Crippen LogP) is 2.91. The monoisotopic (exact) mass is 420 g/mol. The molecule has 8 nitrogen and oxygen atoms in total. The van der Waals surface area contributed by atoms with Crippen LogP contribution >= 0.6 is 11.3 Å². The smallest absolute Gasteiger partial charge is 0.323 e. The van der Waals surface area contributed by atoms with E-state index in [0.29, 0.717) is 24.1 Å². The van der Waals surface area contributed by atoms with Gasteiger partial charge in [-0.3, -0.25) is 5.32 Å². The number of hydrogen-bond acceptors (Lipinski definition) is 7. The summed E-state index contributed by atoms with van der Waals surface area (Å²) < 4.78 is 12.0. The molecule has 0 spiro atoms. The van der Waals surface area contributed by atoms with Crippen molar-refractivity contribution < 1.29 is 19.4 Å². The van der Waals surface area contributed by atoms with Gasteiger partial charge in [0.15, 0.2) is 5.13 Å². The maximum Gasteiger partial charge on any atom is 0.323 e. The molecule has 0 radical (unpaired) electrons. The average molecular weight is 421 g/mol. The molecule has 1 aromatic heterocycles. The number of thiazole rings is 1. The second-order valence-electron chi connectivity index (χ2n) is 7.59. The molecule has 1 aromatic carbocycles. The molecule has 1 aliphatic heterocycles. The Morgan fingerprint density at radius 3 is 2.72 bits per heavy atom. The number of urea groups is 1. The van der Waals surface area contributed by atoms with E-state index in [-0.39, 0.29) is 18.2 Å². The molecule has 2 N–H and O–H groups in total. The van der Waals surface area contributed by atoms with Crippen LogP contribution in [-0.2, 0) is 4.74 Å². The van der Waals surface area contributed by atoms with Gasteiger partial charge < -0.3 is 24.4 Å². The fraction of sp³-hybridized carbons (Fsp3) is 0.600. The van der Waals surface area contributed by atoms with Gasteiger partial charge in [-0.15, -0.1) is 0 Å². The van der Waals surface area contributed by atoms with Crippen LogP contribution < -0.4 is 15.0 Å². The van der Waals surface area contributed by atoms with Crippen LogP contribution in [0.3, 0.4) is 0 Å². The summed E-state index contributed by atoms with van der Waals surface area (Å²) in [5.74, 6) is 0.698. The largest absolute Gasteiger partial charge is 0.494 e. The van der Waals surface area contributed by atoms with Crippen LogP contribution in [0, 0.1) is 0 Å². The molecule has 2 heterocycles. The van der Waals surface area contributed by atoms with Gasteiger partial charge in [0.2, 0.25) is 0 Å². The highest BCUT2D eigenvalue weighted by atomic mass is 32.1. The number of carbonyl (C=O) groups excluding carboxylic acids is 1. The minimum atomic E-state index is -0.238.